The van der Waals surface area contributed by atoms with Crippen LogP contribution in [0, 0.1) is 5.82 Å². The molecule has 0 spiro atoms. The summed E-state index contributed by atoms with van der Waals surface area (Å²) in [5.41, 5.74) is 6.97. The SMILES string of the molecule is NC(Cc1c(F)cccc1Cl)c1ccoc1Cl. The molecule has 0 saturated heterocycles. The topological polar surface area (TPSA) is 39.2 Å². The predicted octanol–water partition coefficient (Wildman–Crippen LogP) is 3.97. The second-order valence-corrected chi connectivity index (χ2v) is 4.41. The van der Waals surface area contributed by atoms with Crippen LogP contribution in [0.1, 0.15) is 17.2 Å². The van der Waals surface area contributed by atoms with Crippen LogP contribution in [0.2, 0.25) is 10.2 Å². The summed E-state index contributed by atoms with van der Waals surface area (Å²) in [5.74, 6) is -0.368. The van der Waals surface area contributed by atoms with Gasteiger partial charge in [-0.05, 0) is 36.2 Å². The van der Waals surface area contributed by atoms with E-state index < -0.39 is 6.04 Å². The Morgan fingerprint density at radius 2 is 2.06 bits per heavy atom. The molecular weight excluding hydrogens is 264 g/mol. The van der Waals surface area contributed by atoms with Crippen LogP contribution in [0.15, 0.2) is 34.9 Å². The van der Waals surface area contributed by atoms with Gasteiger partial charge in [0.25, 0.3) is 0 Å². The average Bonchev–Trinajstić information content (AvgIpc) is 2.70. The monoisotopic (exact) mass is 273 g/mol. The van der Waals surface area contributed by atoms with Gasteiger partial charge in [-0.25, -0.2) is 4.39 Å². The van der Waals surface area contributed by atoms with Crippen molar-refractivity contribution in [1.82, 2.24) is 0 Å². The van der Waals surface area contributed by atoms with Crippen LogP contribution in [0.5, 0.6) is 0 Å². The van der Waals surface area contributed by atoms with Gasteiger partial charge < -0.3 is 10.2 Å². The minimum Gasteiger partial charge on any atom is -0.453 e. The van der Waals surface area contributed by atoms with Gasteiger partial charge in [0.05, 0.1) is 6.26 Å². The quantitative estimate of drug-likeness (QED) is 0.919. The van der Waals surface area contributed by atoms with Crippen molar-refractivity contribution in [2.24, 2.45) is 5.73 Å². The first-order chi connectivity index (χ1) is 8.09. The summed E-state index contributed by atoms with van der Waals surface area (Å²) >= 11 is 11.7. The van der Waals surface area contributed by atoms with E-state index in [-0.39, 0.29) is 17.5 Å². The number of hydrogen-bond donors (Lipinski definition) is 1. The molecule has 0 bridgehead atoms. The lowest BCUT2D eigenvalue weighted by Gasteiger charge is -2.12. The Bertz CT molecular complexity index is 507. The van der Waals surface area contributed by atoms with Crippen molar-refractivity contribution in [3.05, 3.63) is 57.7 Å². The van der Waals surface area contributed by atoms with Gasteiger partial charge in [0.2, 0.25) is 0 Å². The zero-order chi connectivity index (χ0) is 12.4. The molecule has 17 heavy (non-hydrogen) atoms. The maximum absolute atomic E-state index is 13.6. The van der Waals surface area contributed by atoms with Crippen LogP contribution < -0.4 is 5.73 Å². The van der Waals surface area contributed by atoms with Crippen molar-refractivity contribution in [2.45, 2.75) is 12.5 Å². The van der Waals surface area contributed by atoms with Gasteiger partial charge in [-0.3, -0.25) is 0 Å². The Balaban J connectivity index is 2.25. The first-order valence-electron chi connectivity index (χ1n) is 5.01. The zero-order valence-electron chi connectivity index (χ0n) is 8.79. The molecule has 0 aliphatic heterocycles. The van der Waals surface area contributed by atoms with E-state index in [0.717, 1.165) is 0 Å². The van der Waals surface area contributed by atoms with Gasteiger partial charge in [-0.1, -0.05) is 17.7 Å². The molecule has 1 aromatic carbocycles. The fourth-order valence-electron chi connectivity index (χ4n) is 1.63. The minimum absolute atomic E-state index is 0.227. The highest BCUT2D eigenvalue weighted by atomic mass is 35.5. The van der Waals surface area contributed by atoms with E-state index in [1.54, 1.807) is 18.2 Å². The molecule has 0 aliphatic rings. The molecule has 1 aromatic heterocycles. The summed E-state index contributed by atoms with van der Waals surface area (Å²) < 4.78 is 18.5. The summed E-state index contributed by atoms with van der Waals surface area (Å²) in [6.45, 7) is 0. The number of hydrogen-bond acceptors (Lipinski definition) is 2. The largest absolute Gasteiger partial charge is 0.453 e. The Morgan fingerprint density at radius 3 is 2.65 bits per heavy atom. The smallest absolute Gasteiger partial charge is 0.197 e. The van der Waals surface area contributed by atoms with Crippen molar-refractivity contribution in [2.75, 3.05) is 0 Å². The predicted molar refractivity (Wildman–Crippen MR) is 65.8 cm³/mol. The van der Waals surface area contributed by atoms with Crippen LogP contribution >= 0.6 is 23.2 Å². The van der Waals surface area contributed by atoms with Gasteiger partial charge in [0.15, 0.2) is 5.22 Å². The second kappa shape index (κ2) is 5.08. The molecule has 0 amide bonds. The molecule has 5 heteroatoms. The van der Waals surface area contributed by atoms with Crippen molar-refractivity contribution in [3.63, 3.8) is 0 Å². The van der Waals surface area contributed by atoms with Crippen LogP contribution in [-0.4, -0.2) is 0 Å². The molecule has 0 fully saturated rings. The number of halogens is 3. The number of nitrogens with two attached hydrogens (primary N) is 1. The molecule has 1 unspecified atom stereocenters. The third-order valence-corrected chi connectivity index (χ3v) is 3.19. The maximum atomic E-state index is 13.6. The summed E-state index contributed by atoms with van der Waals surface area (Å²) in [6, 6.07) is 5.75. The van der Waals surface area contributed by atoms with Crippen molar-refractivity contribution >= 4 is 23.2 Å². The Labute approximate surface area is 108 Å². The van der Waals surface area contributed by atoms with E-state index in [1.165, 1.54) is 12.3 Å². The van der Waals surface area contributed by atoms with E-state index in [9.17, 15) is 4.39 Å². The van der Waals surface area contributed by atoms with Crippen LogP contribution in [0.3, 0.4) is 0 Å². The minimum atomic E-state index is -0.448. The third-order valence-electron chi connectivity index (χ3n) is 2.53. The molecule has 90 valence electrons. The van der Waals surface area contributed by atoms with Crippen molar-refractivity contribution in [1.29, 1.82) is 0 Å². The fraction of sp³-hybridized carbons (Fsp3) is 0.167. The summed E-state index contributed by atoms with van der Waals surface area (Å²) in [4.78, 5) is 0. The zero-order valence-corrected chi connectivity index (χ0v) is 10.3. The molecule has 2 rings (SSSR count). The van der Waals surface area contributed by atoms with Crippen LogP contribution in [0.25, 0.3) is 0 Å². The molecule has 0 aliphatic carbocycles. The highest BCUT2D eigenvalue weighted by molar-refractivity contribution is 6.31. The van der Waals surface area contributed by atoms with Crippen LogP contribution in [-0.2, 0) is 6.42 Å². The number of furan rings is 1. The Morgan fingerprint density at radius 1 is 1.29 bits per heavy atom. The van der Waals surface area contributed by atoms with Gasteiger partial charge in [0.1, 0.15) is 5.82 Å². The number of benzene rings is 1. The molecule has 1 heterocycles. The molecule has 0 saturated carbocycles. The van der Waals surface area contributed by atoms with E-state index >= 15 is 0 Å². The first kappa shape index (κ1) is 12.4. The first-order valence-corrected chi connectivity index (χ1v) is 5.76. The van der Waals surface area contributed by atoms with Gasteiger partial charge in [0, 0.05) is 22.2 Å². The van der Waals surface area contributed by atoms with E-state index in [1.807, 2.05) is 0 Å². The van der Waals surface area contributed by atoms with Crippen molar-refractivity contribution in [3.8, 4) is 0 Å². The van der Waals surface area contributed by atoms with E-state index in [2.05, 4.69) is 0 Å². The summed E-state index contributed by atoms with van der Waals surface area (Å²) in [6.07, 6.45) is 1.71. The second-order valence-electron chi connectivity index (χ2n) is 3.66. The van der Waals surface area contributed by atoms with E-state index in [0.29, 0.717) is 16.1 Å². The lowest BCUT2D eigenvalue weighted by molar-refractivity contribution is 0.557. The average molecular weight is 274 g/mol. The molecule has 0 radical (unpaired) electrons. The van der Waals surface area contributed by atoms with Crippen molar-refractivity contribution < 1.29 is 8.81 Å². The highest BCUT2D eigenvalue weighted by Crippen LogP contribution is 2.28. The third kappa shape index (κ3) is 2.63. The van der Waals surface area contributed by atoms with Gasteiger partial charge in [-0.2, -0.15) is 0 Å². The lowest BCUT2D eigenvalue weighted by atomic mass is 10.0. The molecule has 1 atom stereocenters. The normalized spacial score (nSPS) is 12.7. The van der Waals surface area contributed by atoms with E-state index in [4.69, 9.17) is 33.4 Å². The fourth-order valence-corrected chi connectivity index (χ4v) is 2.12. The van der Waals surface area contributed by atoms with Crippen LogP contribution in [0.4, 0.5) is 4.39 Å². The van der Waals surface area contributed by atoms with Gasteiger partial charge in [-0.15, -0.1) is 0 Å². The standard InChI is InChI=1S/C12H10Cl2FNO/c13-9-2-1-3-10(15)8(9)6-11(16)7-4-5-17-12(7)14/h1-5,11H,6,16H2. The van der Waals surface area contributed by atoms with Gasteiger partial charge >= 0.3 is 0 Å². The lowest BCUT2D eigenvalue weighted by Crippen LogP contribution is -2.14. The Kier molecular flexibility index (Phi) is 3.72. The summed E-state index contributed by atoms with van der Waals surface area (Å²) in [7, 11) is 0. The molecule has 2 aromatic rings. The summed E-state index contributed by atoms with van der Waals surface area (Å²) in [5, 5.41) is 0.588. The molecular formula is C12H10Cl2FNO. The highest BCUT2D eigenvalue weighted by Gasteiger charge is 2.17. The molecule has 2 nitrogen and oxygen atoms in total. The number of rotatable bonds is 3. The molecule has 2 N–H and O–H groups in total. The Hall–Kier alpha value is -1.03. The maximum Gasteiger partial charge on any atom is 0.197 e.